The van der Waals surface area contributed by atoms with Gasteiger partial charge < -0.3 is 4.74 Å². The molecule has 1 unspecified atom stereocenters. The van der Waals surface area contributed by atoms with E-state index in [-0.39, 0.29) is 6.01 Å². The molecule has 0 aliphatic heterocycles. The third-order valence-corrected chi connectivity index (χ3v) is 5.33. The van der Waals surface area contributed by atoms with Crippen LogP contribution in [0.5, 0.6) is 6.01 Å². The third-order valence-electron chi connectivity index (χ3n) is 4.24. The molecule has 0 spiro atoms. The van der Waals surface area contributed by atoms with Gasteiger partial charge in [-0.05, 0) is 31.5 Å². The standard InChI is InChI=1S/C21H17N5OS/c1-13-3-5-15(6-4-13)12-27-21-23-8-7-17(26-21)16(10-22)20-25-18-11-24-14(2)9-19(18)28-20/h3-9,11,16H,12H2,1-2H3. The highest BCUT2D eigenvalue weighted by atomic mass is 32.1. The number of rotatable bonds is 5. The lowest BCUT2D eigenvalue weighted by molar-refractivity contribution is 0.279. The van der Waals surface area contributed by atoms with E-state index in [1.165, 1.54) is 16.9 Å². The Morgan fingerprint density at radius 1 is 1.11 bits per heavy atom. The molecular weight excluding hydrogens is 370 g/mol. The maximum atomic E-state index is 9.74. The van der Waals surface area contributed by atoms with Gasteiger partial charge in [0, 0.05) is 11.9 Å². The molecular formula is C21H17N5OS. The van der Waals surface area contributed by atoms with Crippen molar-refractivity contribution in [2.45, 2.75) is 26.4 Å². The molecule has 0 saturated heterocycles. The first kappa shape index (κ1) is 18.0. The Hall–Kier alpha value is -3.37. The van der Waals surface area contributed by atoms with Crippen LogP contribution in [0.2, 0.25) is 0 Å². The van der Waals surface area contributed by atoms with Crippen molar-refractivity contribution in [2.75, 3.05) is 0 Å². The van der Waals surface area contributed by atoms with Crippen molar-refractivity contribution in [1.82, 2.24) is 19.9 Å². The Labute approximate surface area is 166 Å². The number of hydrogen-bond donors (Lipinski definition) is 0. The zero-order chi connectivity index (χ0) is 19.5. The molecule has 1 atom stereocenters. The van der Waals surface area contributed by atoms with Gasteiger partial charge in [-0.25, -0.2) is 9.97 Å². The Morgan fingerprint density at radius 3 is 2.71 bits per heavy atom. The number of ether oxygens (including phenoxy) is 1. The van der Waals surface area contributed by atoms with Crippen molar-refractivity contribution in [3.8, 4) is 12.1 Å². The molecule has 0 aliphatic rings. The summed E-state index contributed by atoms with van der Waals surface area (Å²) in [6.45, 7) is 4.34. The second kappa shape index (κ2) is 7.71. The molecule has 4 rings (SSSR count). The number of aryl methyl sites for hydroxylation is 2. The summed E-state index contributed by atoms with van der Waals surface area (Å²) in [5.41, 5.74) is 4.51. The van der Waals surface area contributed by atoms with E-state index in [1.807, 2.05) is 44.2 Å². The van der Waals surface area contributed by atoms with Crippen LogP contribution in [0.4, 0.5) is 0 Å². The molecule has 3 heterocycles. The van der Waals surface area contributed by atoms with Crippen LogP contribution in [0.25, 0.3) is 10.2 Å². The quantitative estimate of drug-likeness (QED) is 0.507. The zero-order valence-corrected chi connectivity index (χ0v) is 16.3. The molecule has 28 heavy (non-hydrogen) atoms. The monoisotopic (exact) mass is 387 g/mol. The van der Waals surface area contributed by atoms with Gasteiger partial charge in [0.1, 0.15) is 17.5 Å². The summed E-state index contributed by atoms with van der Waals surface area (Å²) in [7, 11) is 0. The molecule has 0 aliphatic carbocycles. The lowest BCUT2D eigenvalue weighted by Gasteiger charge is -2.08. The van der Waals surface area contributed by atoms with Gasteiger partial charge >= 0.3 is 6.01 Å². The van der Waals surface area contributed by atoms with Gasteiger partial charge in [0.2, 0.25) is 0 Å². The number of thiazole rings is 1. The van der Waals surface area contributed by atoms with Crippen LogP contribution in [0, 0.1) is 25.2 Å². The molecule has 1 aromatic carbocycles. The second-order valence-corrected chi connectivity index (χ2v) is 7.51. The van der Waals surface area contributed by atoms with Crippen LogP contribution in [0.15, 0.2) is 48.8 Å². The van der Waals surface area contributed by atoms with Crippen LogP contribution < -0.4 is 4.74 Å². The van der Waals surface area contributed by atoms with Crippen molar-refractivity contribution in [2.24, 2.45) is 0 Å². The highest BCUT2D eigenvalue weighted by Gasteiger charge is 2.20. The Kier molecular flexibility index (Phi) is 4.96. The van der Waals surface area contributed by atoms with Crippen LogP contribution in [0.3, 0.4) is 0 Å². The molecule has 4 aromatic rings. The molecule has 0 saturated carbocycles. The SMILES string of the molecule is Cc1ccc(COc2nccc(C(C#N)c3nc4cnc(C)cc4s3)n2)cc1. The lowest BCUT2D eigenvalue weighted by Crippen LogP contribution is -2.05. The van der Waals surface area contributed by atoms with Crippen LogP contribution in [-0.2, 0) is 6.61 Å². The predicted octanol–water partition coefficient (Wildman–Crippen LogP) is 4.33. The topological polar surface area (TPSA) is 84.6 Å². The van der Waals surface area contributed by atoms with E-state index in [0.717, 1.165) is 21.5 Å². The van der Waals surface area contributed by atoms with E-state index in [9.17, 15) is 5.26 Å². The summed E-state index contributed by atoms with van der Waals surface area (Å²) >= 11 is 1.48. The third kappa shape index (κ3) is 3.82. The number of aromatic nitrogens is 4. The number of fused-ring (bicyclic) bond motifs is 1. The summed E-state index contributed by atoms with van der Waals surface area (Å²) in [5, 5.41) is 10.4. The zero-order valence-electron chi connectivity index (χ0n) is 15.5. The first-order chi connectivity index (χ1) is 13.6. The number of hydrogen-bond acceptors (Lipinski definition) is 7. The van der Waals surface area contributed by atoms with Gasteiger partial charge in [-0.1, -0.05) is 29.8 Å². The second-order valence-electron chi connectivity index (χ2n) is 6.45. The summed E-state index contributed by atoms with van der Waals surface area (Å²) in [6.07, 6.45) is 3.34. The summed E-state index contributed by atoms with van der Waals surface area (Å²) in [4.78, 5) is 17.4. The molecule has 0 radical (unpaired) electrons. The molecule has 0 N–H and O–H groups in total. The minimum Gasteiger partial charge on any atom is -0.459 e. The van der Waals surface area contributed by atoms with E-state index in [0.29, 0.717) is 17.3 Å². The molecule has 0 fully saturated rings. The van der Waals surface area contributed by atoms with Gasteiger partial charge in [0.25, 0.3) is 0 Å². The fourth-order valence-corrected chi connectivity index (χ4v) is 3.83. The number of benzene rings is 1. The fraction of sp³-hybridized carbons (Fsp3) is 0.190. The largest absolute Gasteiger partial charge is 0.459 e. The lowest BCUT2D eigenvalue weighted by atomic mass is 10.1. The van der Waals surface area contributed by atoms with Crippen molar-refractivity contribution in [1.29, 1.82) is 5.26 Å². The summed E-state index contributed by atoms with van der Waals surface area (Å²) in [5.74, 6) is -0.581. The van der Waals surface area contributed by atoms with E-state index in [2.05, 4.69) is 26.0 Å². The number of nitriles is 1. The first-order valence-electron chi connectivity index (χ1n) is 8.76. The van der Waals surface area contributed by atoms with Gasteiger partial charge in [-0.3, -0.25) is 4.98 Å². The maximum absolute atomic E-state index is 9.74. The molecule has 6 nitrogen and oxygen atoms in total. The molecule has 138 valence electrons. The molecule has 0 amide bonds. The highest BCUT2D eigenvalue weighted by Crippen LogP contribution is 2.31. The Bertz CT molecular complexity index is 1160. The Morgan fingerprint density at radius 2 is 1.93 bits per heavy atom. The van der Waals surface area contributed by atoms with Gasteiger partial charge in [-0.2, -0.15) is 10.2 Å². The van der Waals surface area contributed by atoms with Crippen LogP contribution in [0.1, 0.15) is 33.4 Å². The van der Waals surface area contributed by atoms with E-state index < -0.39 is 5.92 Å². The van der Waals surface area contributed by atoms with E-state index >= 15 is 0 Å². The average molecular weight is 387 g/mol. The predicted molar refractivity (Wildman–Crippen MR) is 107 cm³/mol. The average Bonchev–Trinajstić information content (AvgIpc) is 3.11. The van der Waals surface area contributed by atoms with Crippen LogP contribution in [-0.4, -0.2) is 19.9 Å². The van der Waals surface area contributed by atoms with E-state index in [1.54, 1.807) is 18.5 Å². The molecule has 3 aromatic heterocycles. The Balaban J connectivity index is 1.57. The molecule has 7 heteroatoms. The van der Waals surface area contributed by atoms with Crippen molar-refractivity contribution in [3.05, 3.63) is 76.3 Å². The fourth-order valence-electron chi connectivity index (χ4n) is 2.74. The van der Waals surface area contributed by atoms with E-state index in [4.69, 9.17) is 4.74 Å². The number of nitrogens with zero attached hydrogens (tertiary/aromatic N) is 5. The van der Waals surface area contributed by atoms with Crippen LogP contribution >= 0.6 is 11.3 Å². The van der Waals surface area contributed by atoms with Gasteiger partial charge in [0.05, 0.1) is 28.2 Å². The minimum atomic E-state index is -0.581. The van der Waals surface area contributed by atoms with Gasteiger partial charge in [0.15, 0.2) is 0 Å². The number of pyridine rings is 1. The normalized spacial score (nSPS) is 11.9. The van der Waals surface area contributed by atoms with Crippen molar-refractivity contribution < 1.29 is 4.74 Å². The first-order valence-corrected chi connectivity index (χ1v) is 9.58. The minimum absolute atomic E-state index is 0.247. The smallest absolute Gasteiger partial charge is 0.316 e. The maximum Gasteiger partial charge on any atom is 0.316 e. The summed E-state index contributed by atoms with van der Waals surface area (Å²) in [6, 6.07) is 14.3. The summed E-state index contributed by atoms with van der Waals surface area (Å²) < 4.78 is 6.73. The molecule has 0 bridgehead atoms. The van der Waals surface area contributed by atoms with Gasteiger partial charge in [-0.15, -0.1) is 11.3 Å². The van der Waals surface area contributed by atoms with Crippen molar-refractivity contribution in [3.63, 3.8) is 0 Å². The highest BCUT2D eigenvalue weighted by molar-refractivity contribution is 7.18. The van der Waals surface area contributed by atoms with Crippen molar-refractivity contribution >= 4 is 21.6 Å².